The molecule has 0 aliphatic carbocycles. The van der Waals surface area contributed by atoms with Crippen molar-refractivity contribution >= 4 is 28.6 Å². The fourth-order valence-electron chi connectivity index (χ4n) is 4.85. The van der Waals surface area contributed by atoms with Gasteiger partial charge in [-0.1, -0.05) is 11.6 Å². The molecule has 0 radical (unpaired) electrons. The number of imidazole rings is 1. The number of nitrogens with one attached hydrogen (secondary N) is 1. The molecule has 6 rings (SSSR count). The number of anilines is 2. The van der Waals surface area contributed by atoms with Crippen LogP contribution < -0.4 is 9.80 Å². The van der Waals surface area contributed by atoms with Crippen LogP contribution in [-0.4, -0.2) is 75.9 Å². The van der Waals surface area contributed by atoms with E-state index in [0.717, 1.165) is 55.2 Å². The van der Waals surface area contributed by atoms with Crippen molar-refractivity contribution in [3.63, 3.8) is 0 Å². The van der Waals surface area contributed by atoms with E-state index in [0.29, 0.717) is 24.1 Å². The number of halogens is 1. The summed E-state index contributed by atoms with van der Waals surface area (Å²) in [4.78, 5) is 9.24. The number of fused-ring (bicyclic) bond motifs is 3. The van der Waals surface area contributed by atoms with Gasteiger partial charge in [0.05, 0.1) is 37.3 Å². The minimum atomic E-state index is 0.208. The Kier molecular flexibility index (Phi) is 4.36. The Morgan fingerprint density at radius 1 is 1.23 bits per heavy atom. The lowest BCUT2D eigenvalue weighted by molar-refractivity contribution is 0.0301. The van der Waals surface area contributed by atoms with Crippen LogP contribution in [0.1, 0.15) is 19.8 Å². The van der Waals surface area contributed by atoms with Gasteiger partial charge in [-0.3, -0.25) is 5.10 Å². The lowest BCUT2D eigenvalue weighted by atomic mass is 10.2. The smallest absolute Gasteiger partial charge is 0.182 e. The fraction of sp³-hybridized carbons (Fsp3) is 0.550. The Hall–Kier alpha value is -2.36. The van der Waals surface area contributed by atoms with Crippen molar-refractivity contribution < 1.29 is 9.47 Å². The number of H-pyrrole nitrogens is 1. The number of hydrogen-bond donors (Lipinski definition) is 1. The first-order valence-electron chi connectivity index (χ1n) is 10.5. The Labute approximate surface area is 178 Å². The summed E-state index contributed by atoms with van der Waals surface area (Å²) in [6, 6.07) is 2.11. The molecule has 3 fully saturated rings. The Balaban J connectivity index is 1.54. The Bertz CT molecular complexity index is 1060. The second kappa shape index (κ2) is 7.11. The summed E-state index contributed by atoms with van der Waals surface area (Å²) in [6.07, 6.45) is 6.31. The summed E-state index contributed by atoms with van der Waals surface area (Å²) in [6.45, 7) is 5.89. The number of aromatic amines is 1. The monoisotopic (exact) mass is 429 g/mol. The average molecular weight is 430 g/mol. The van der Waals surface area contributed by atoms with E-state index in [9.17, 15) is 0 Å². The molecule has 0 spiro atoms. The molecule has 9 nitrogen and oxygen atoms in total. The van der Waals surface area contributed by atoms with Crippen molar-refractivity contribution in [1.29, 1.82) is 0 Å². The molecule has 0 saturated carbocycles. The van der Waals surface area contributed by atoms with Gasteiger partial charge in [-0.25, -0.2) is 9.50 Å². The molecule has 3 unspecified atom stereocenters. The van der Waals surface area contributed by atoms with E-state index in [1.165, 1.54) is 0 Å². The maximum Gasteiger partial charge on any atom is 0.182 e. The highest BCUT2D eigenvalue weighted by atomic mass is 35.5. The van der Waals surface area contributed by atoms with E-state index in [1.807, 2.05) is 16.8 Å². The lowest BCUT2D eigenvalue weighted by Gasteiger charge is -2.38. The highest BCUT2D eigenvalue weighted by molar-refractivity contribution is 6.36. The molecule has 3 aliphatic heterocycles. The summed E-state index contributed by atoms with van der Waals surface area (Å²) in [5.41, 5.74) is 2.59. The van der Waals surface area contributed by atoms with Gasteiger partial charge >= 0.3 is 0 Å². The van der Waals surface area contributed by atoms with Crippen LogP contribution in [0.15, 0.2) is 18.5 Å². The first-order valence-corrected chi connectivity index (χ1v) is 10.9. The second-order valence-corrected chi connectivity index (χ2v) is 8.68. The summed E-state index contributed by atoms with van der Waals surface area (Å²) < 4.78 is 13.6. The molecule has 3 aromatic rings. The van der Waals surface area contributed by atoms with Crippen LogP contribution in [0, 0.1) is 0 Å². The van der Waals surface area contributed by atoms with Gasteiger partial charge in [-0.05, 0) is 25.8 Å². The molecule has 158 valence electrons. The third-order valence-corrected chi connectivity index (χ3v) is 6.66. The average Bonchev–Trinajstić information content (AvgIpc) is 3.48. The third kappa shape index (κ3) is 2.87. The summed E-state index contributed by atoms with van der Waals surface area (Å²) in [7, 11) is 0. The van der Waals surface area contributed by atoms with Crippen LogP contribution >= 0.6 is 11.6 Å². The lowest BCUT2D eigenvalue weighted by Crippen LogP contribution is -2.45. The molecule has 6 heterocycles. The normalized spacial score (nSPS) is 26.7. The molecule has 3 saturated heterocycles. The molecule has 1 N–H and O–H groups in total. The summed E-state index contributed by atoms with van der Waals surface area (Å²) in [5.74, 6) is 1.48. The first-order chi connectivity index (χ1) is 14.7. The quantitative estimate of drug-likeness (QED) is 0.684. The van der Waals surface area contributed by atoms with Crippen molar-refractivity contribution in [1.82, 2.24) is 24.8 Å². The van der Waals surface area contributed by atoms with E-state index in [4.69, 9.17) is 26.2 Å². The zero-order chi connectivity index (χ0) is 20.2. The number of ether oxygens (including phenoxy) is 2. The van der Waals surface area contributed by atoms with Gasteiger partial charge in [0.25, 0.3) is 0 Å². The molecular formula is C20H24ClN7O2. The van der Waals surface area contributed by atoms with E-state index >= 15 is 0 Å². The summed E-state index contributed by atoms with van der Waals surface area (Å²) in [5, 5.41) is 12.8. The number of aromatic nitrogens is 5. The molecule has 3 atom stereocenters. The van der Waals surface area contributed by atoms with Crippen molar-refractivity contribution in [3.05, 3.63) is 23.5 Å². The molecule has 2 bridgehead atoms. The largest absolute Gasteiger partial charge is 0.377 e. The van der Waals surface area contributed by atoms with Crippen LogP contribution in [0.25, 0.3) is 17.0 Å². The first kappa shape index (κ1) is 18.4. The van der Waals surface area contributed by atoms with Crippen LogP contribution in [0.2, 0.25) is 5.02 Å². The van der Waals surface area contributed by atoms with Gasteiger partial charge in [-0.2, -0.15) is 5.10 Å². The number of morpholine rings is 2. The van der Waals surface area contributed by atoms with Crippen molar-refractivity contribution in [2.75, 3.05) is 42.6 Å². The maximum absolute atomic E-state index is 7.08. The number of nitrogens with zero attached hydrogens (tertiary/aromatic N) is 6. The van der Waals surface area contributed by atoms with Crippen LogP contribution in [0.5, 0.6) is 0 Å². The fourth-order valence-corrected chi connectivity index (χ4v) is 5.21. The van der Waals surface area contributed by atoms with Gasteiger partial charge in [0, 0.05) is 31.9 Å². The highest BCUT2D eigenvalue weighted by Gasteiger charge is 2.37. The van der Waals surface area contributed by atoms with Gasteiger partial charge in [-0.15, -0.1) is 5.10 Å². The number of hydrogen-bond acceptors (Lipinski definition) is 7. The zero-order valence-corrected chi connectivity index (χ0v) is 17.5. The molecule has 3 aromatic heterocycles. The SMILES string of the molecule is CC1COCCN1c1c(Cl)c(N2CC3CCC(C2)O3)nn2c(-c3cc[nH]n3)ncc12. The zero-order valence-electron chi connectivity index (χ0n) is 16.8. The highest BCUT2D eigenvalue weighted by Crippen LogP contribution is 2.41. The Morgan fingerprint density at radius 3 is 2.80 bits per heavy atom. The van der Waals surface area contributed by atoms with Gasteiger partial charge in [0.2, 0.25) is 0 Å². The molecule has 0 amide bonds. The van der Waals surface area contributed by atoms with E-state index < -0.39 is 0 Å². The predicted molar refractivity (Wildman–Crippen MR) is 113 cm³/mol. The molecular weight excluding hydrogens is 406 g/mol. The molecule has 10 heteroatoms. The minimum absolute atomic E-state index is 0.208. The van der Waals surface area contributed by atoms with Crippen LogP contribution in [0.4, 0.5) is 11.5 Å². The minimum Gasteiger partial charge on any atom is -0.377 e. The standard InChI is InChI=1S/C20H24ClN7O2/c1-12-11-29-7-6-27(12)18-16-8-22-19(15-4-5-23-24-15)28(16)25-20(17(18)21)26-9-13-2-3-14(10-26)30-13/h4-5,8,12-14H,2-3,6-7,9-11H2,1H3,(H,23,24). The van der Waals surface area contributed by atoms with Gasteiger partial charge in [0.15, 0.2) is 11.6 Å². The van der Waals surface area contributed by atoms with E-state index in [2.05, 4.69) is 31.9 Å². The Morgan fingerprint density at radius 2 is 2.07 bits per heavy atom. The van der Waals surface area contributed by atoms with E-state index in [-0.39, 0.29) is 18.2 Å². The molecule has 3 aliphatic rings. The third-order valence-electron chi connectivity index (χ3n) is 6.31. The molecule has 0 aromatic carbocycles. The number of rotatable bonds is 3. The van der Waals surface area contributed by atoms with Gasteiger partial charge < -0.3 is 19.3 Å². The van der Waals surface area contributed by atoms with Crippen molar-refractivity contribution in [2.24, 2.45) is 0 Å². The second-order valence-electron chi connectivity index (χ2n) is 8.30. The topological polar surface area (TPSA) is 83.8 Å². The van der Waals surface area contributed by atoms with Crippen LogP contribution in [-0.2, 0) is 9.47 Å². The predicted octanol–water partition coefficient (Wildman–Crippen LogP) is 2.37. The van der Waals surface area contributed by atoms with Crippen molar-refractivity contribution in [2.45, 2.75) is 38.0 Å². The van der Waals surface area contributed by atoms with Crippen LogP contribution in [0.3, 0.4) is 0 Å². The maximum atomic E-state index is 7.08. The van der Waals surface area contributed by atoms with Gasteiger partial charge in [0.1, 0.15) is 16.2 Å². The summed E-state index contributed by atoms with van der Waals surface area (Å²) >= 11 is 7.08. The van der Waals surface area contributed by atoms with Crippen molar-refractivity contribution in [3.8, 4) is 11.5 Å². The van der Waals surface area contributed by atoms with E-state index in [1.54, 1.807) is 6.20 Å². The molecule has 30 heavy (non-hydrogen) atoms.